The van der Waals surface area contributed by atoms with Crippen molar-refractivity contribution in [2.24, 2.45) is 11.8 Å². The lowest BCUT2D eigenvalue weighted by Gasteiger charge is -2.29. The Morgan fingerprint density at radius 3 is 2.79 bits per heavy atom. The Bertz CT molecular complexity index is 778. The molecule has 29 heavy (non-hydrogen) atoms. The van der Waals surface area contributed by atoms with Gasteiger partial charge >= 0.3 is 0 Å². The number of carbonyl (C=O) groups is 1. The van der Waals surface area contributed by atoms with E-state index in [1.165, 1.54) is 6.07 Å². The molecule has 2 heterocycles. The third-order valence-electron chi connectivity index (χ3n) is 5.58. The molecule has 2 aromatic rings. The summed E-state index contributed by atoms with van der Waals surface area (Å²) in [5.41, 5.74) is 0.987. The minimum atomic E-state index is -0.222. The number of rotatable bonds is 9. The van der Waals surface area contributed by atoms with Gasteiger partial charge in [-0.2, -0.15) is 0 Å². The van der Waals surface area contributed by atoms with Crippen molar-refractivity contribution in [3.63, 3.8) is 0 Å². The maximum absolute atomic E-state index is 13.9. The minimum Gasteiger partial charge on any atom is -0.468 e. The standard InChI is InChI=1S/C23H31FN2O3/c1-17(2)23(27)26(9-11-28-3)14-19-13-25(15-21-8-5-10-29-21)16-22(19)18-6-4-7-20(24)12-18/h4-8,10,12,17,19,22H,9,11,13-16H2,1-3H3/t19-,22+/m1/s1. The molecule has 5 nitrogen and oxygen atoms in total. The highest BCUT2D eigenvalue weighted by molar-refractivity contribution is 5.78. The van der Waals surface area contributed by atoms with Gasteiger partial charge < -0.3 is 14.1 Å². The van der Waals surface area contributed by atoms with E-state index >= 15 is 0 Å². The second kappa shape index (κ2) is 10.0. The highest BCUT2D eigenvalue weighted by atomic mass is 19.1. The van der Waals surface area contributed by atoms with E-state index in [1.54, 1.807) is 25.5 Å². The number of hydrogen-bond donors (Lipinski definition) is 0. The van der Waals surface area contributed by atoms with Crippen molar-refractivity contribution in [1.82, 2.24) is 9.80 Å². The first-order valence-electron chi connectivity index (χ1n) is 10.3. The summed E-state index contributed by atoms with van der Waals surface area (Å²) < 4.78 is 24.6. The van der Waals surface area contributed by atoms with Gasteiger partial charge in [-0.3, -0.25) is 9.69 Å². The number of methoxy groups -OCH3 is 1. The van der Waals surface area contributed by atoms with E-state index in [4.69, 9.17) is 9.15 Å². The van der Waals surface area contributed by atoms with Gasteiger partial charge in [-0.05, 0) is 35.7 Å². The second-order valence-electron chi connectivity index (χ2n) is 8.13. The van der Waals surface area contributed by atoms with E-state index in [-0.39, 0.29) is 29.5 Å². The summed E-state index contributed by atoms with van der Waals surface area (Å²) in [5, 5.41) is 0. The summed E-state index contributed by atoms with van der Waals surface area (Å²) in [4.78, 5) is 17.0. The Morgan fingerprint density at radius 1 is 1.31 bits per heavy atom. The van der Waals surface area contributed by atoms with Crippen LogP contribution in [0.5, 0.6) is 0 Å². The Hall–Kier alpha value is -2.18. The van der Waals surface area contributed by atoms with Crippen molar-refractivity contribution in [1.29, 1.82) is 0 Å². The Labute approximate surface area is 172 Å². The van der Waals surface area contributed by atoms with Crippen LogP contribution in [0.4, 0.5) is 4.39 Å². The van der Waals surface area contributed by atoms with Crippen molar-refractivity contribution < 1.29 is 18.3 Å². The molecule has 1 aliphatic heterocycles. The summed E-state index contributed by atoms with van der Waals surface area (Å²) in [5.74, 6) is 1.12. The van der Waals surface area contributed by atoms with E-state index in [9.17, 15) is 9.18 Å². The van der Waals surface area contributed by atoms with E-state index in [0.717, 1.165) is 24.4 Å². The van der Waals surface area contributed by atoms with Crippen LogP contribution in [0.3, 0.4) is 0 Å². The molecule has 1 saturated heterocycles. The Balaban J connectivity index is 1.79. The van der Waals surface area contributed by atoms with Crippen LogP contribution in [0.1, 0.15) is 31.1 Å². The molecular weight excluding hydrogens is 371 g/mol. The average Bonchev–Trinajstić information content (AvgIpc) is 3.34. The minimum absolute atomic E-state index is 0.0694. The normalized spacial score (nSPS) is 19.8. The fourth-order valence-electron chi connectivity index (χ4n) is 4.15. The molecule has 1 aromatic carbocycles. The molecule has 0 saturated carbocycles. The number of halogens is 1. The highest BCUT2D eigenvalue weighted by Crippen LogP contribution is 2.34. The van der Waals surface area contributed by atoms with Crippen LogP contribution in [0.2, 0.25) is 0 Å². The van der Waals surface area contributed by atoms with E-state index in [2.05, 4.69) is 4.90 Å². The smallest absolute Gasteiger partial charge is 0.225 e. The van der Waals surface area contributed by atoms with Gasteiger partial charge in [0.25, 0.3) is 0 Å². The summed E-state index contributed by atoms with van der Waals surface area (Å²) >= 11 is 0. The lowest BCUT2D eigenvalue weighted by atomic mass is 9.88. The van der Waals surface area contributed by atoms with E-state index in [1.807, 2.05) is 36.9 Å². The quantitative estimate of drug-likeness (QED) is 0.641. The number of nitrogens with zero attached hydrogens (tertiary/aromatic N) is 2. The van der Waals surface area contributed by atoms with Gasteiger partial charge in [-0.15, -0.1) is 0 Å². The van der Waals surface area contributed by atoms with Crippen molar-refractivity contribution in [3.05, 3.63) is 59.8 Å². The first-order chi connectivity index (χ1) is 14.0. The summed E-state index contributed by atoms with van der Waals surface area (Å²) in [7, 11) is 1.65. The van der Waals surface area contributed by atoms with Gasteiger partial charge in [0.15, 0.2) is 0 Å². The van der Waals surface area contributed by atoms with Crippen molar-refractivity contribution in [3.8, 4) is 0 Å². The third kappa shape index (κ3) is 5.67. The van der Waals surface area contributed by atoms with Gasteiger partial charge in [-0.1, -0.05) is 26.0 Å². The zero-order valence-corrected chi connectivity index (χ0v) is 17.5. The molecule has 1 fully saturated rings. The van der Waals surface area contributed by atoms with Crippen molar-refractivity contribution in [2.75, 3.05) is 39.9 Å². The molecule has 1 aliphatic rings. The molecule has 1 amide bonds. The van der Waals surface area contributed by atoms with E-state index < -0.39 is 0 Å². The largest absolute Gasteiger partial charge is 0.468 e. The first kappa shape index (κ1) is 21.5. The van der Waals surface area contributed by atoms with Crippen molar-refractivity contribution >= 4 is 5.91 Å². The molecule has 0 aliphatic carbocycles. The average molecular weight is 403 g/mol. The second-order valence-corrected chi connectivity index (χ2v) is 8.13. The summed E-state index contributed by atoms with van der Waals surface area (Å²) in [6, 6.07) is 10.7. The lowest BCUT2D eigenvalue weighted by molar-refractivity contribution is -0.135. The predicted molar refractivity (Wildman–Crippen MR) is 110 cm³/mol. The summed E-state index contributed by atoms with van der Waals surface area (Å²) in [6.07, 6.45) is 1.68. The molecule has 2 atom stereocenters. The Kier molecular flexibility index (Phi) is 7.45. The summed E-state index contributed by atoms with van der Waals surface area (Å²) in [6.45, 7) is 7.90. The number of furan rings is 1. The van der Waals surface area contributed by atoms with Crippen LogP contribution in [0.15, 0.2) is 47.1 Å². The van der Waals surface area contributed by atoms with Crippen LogP contribution in [0.25, 0.3) is 0 Å². The maximum Gasteiger partial charge on any atom is 0.225 e. The van der Waals surface area contributed by atoms with Gasteiger partial charge in [0, 0.05) is 45.1 Å². The van der Waals surface area contributed by atoms with E-state index in [0.29, 0.717) is 26.2 Å². The van der Waals surface area contributed by atoms with Gasteiger partial charge in [0.1, 0.15) is 11.6 Å². The number of carbonyl (C=O) groups excluding carboxylic acids is 1. The highest BCUT2D eigenvalue weighted by Gasteiger charge is 2.36. The van der Waals surface area contributed by atoms with Crippen LogP contribution >= 0.6 is 0 Å². The molecule has 0 N–H and O–H groups in total. The van der Waals surface area contributed by atoms with Gasteiger partial charge in [-0.25, -0.2) is 4.39 Å². The number of benzene rings is 1. The van der Waals surface area contributed by atoms with Crippen LogP contribution < -0.4 is 0 Å². The zero-order chi connectivity index (χ0) is 20.8. The fourth-order valence-corrected chi connectivity index (χ4v) is 4.15. The molecule has 0 radical (unpaired) electrons. The van der Waals surface area contributed by atoms with Crippen molar-refractivity contribution in [2.45, 2.75) is 26.3 Å². The fraction of sp³-hybridized carbons (Fsp3) is 0.522. The predicted octanol–water partition coefficient (Wildman–Crippen LogP) is 3.77. The Morgan fingerprint density at radius 2 is 2.14 bits per heavy atom. The number of hydrogen-bond acceptors (Lipinski definition) is 4. The first-order valence-corrected chi connectivity index (χ1v) is 10.3. The monoisotopic (exact) mass is 402 g/mol. The number of amides is 1. The molecule has 3 rings (SSSR count). The number of likely N-dealkylation sites (tertiary alicyclic amines) is 1. The van der Waals surface area contributed by atoms with Gasteiger partial charge in [0.05, 0.1) is 19.4 Å². The lowest BCUT2D eigenvalue weighted by Crippen LogP contribution is -2.41. The molecule has 0 bridgehead atoms. The topological polar surface area (TPSA) is 45.9 Å². The zero-order valence-electron chi connectivity index (χ0n) is 17.5. The SMILES string of the molecule is COCCN(C[C@H]1CN(Cc2ccco2)C[C@H]1c1cccc(F)c1)C(=O)C(C)C. The molecule has 0 unspecified atom stereocenters. The molecular formula is C23H31FN2O3. The van der Waals surface area contributed by atoms with Gasteiger partial charge in [0.2, 0.25) is 5.91 Å². The molecule has 1 aromatic heterocycles. The molecule has 6 heteroatoms. The maximum atomic E-state index is 13.9. The third-order valence-corrected chi connectivity index (χ3v) is 5.58. The molecule has 158 valence electrons. The van der Waals surface area contributed by atoms with Crippen LogP contribution in [-0.4, -0.2) is 55.6 Å². The van der Waals surface area contributed by atoms with Crippen LogP contribution in [-0.2, 0) is 16.1 Å². The number of ether oxygens (including phenoxy) is 1. The molecule has 0 spiro atoms. The van der Waals surface area contributed by atoms with Crippen LogP contribution in [0, 0.1) is 17.7 Å².